The smallest absolute Gasteiger partial charge is 0.256 e. The molecule has 110 valence electrons. The van der Waals surface area contributed by atoms with Gasteiger partial charge in [-0.15, -0.1) is 0 Å². The molecule has 1 aromatic heterocycles. The molecule has 3 N–H and O–H groups in total. The zero-order valence-electron chi connectivity index (χ0n) is 11.9. The number of piperazine rings is 1. The van der Waals surface area contributed by atoms with E-state index in [1.807, 2.05) is 6.92 Å². The van der Waals surface area contributed by atoms with Gasteiger partial charge in [0.25, 0.3) is 5.91 Å². The van der Waals surface area contributed by atoms with Crippen LogP contribution in [0.25, 0.3) is 0 Å². The third-order valence-electron chi connectivity index (χ3n) is 3.30. The molecule has 0 spiro atoms. The van der Waals surface area contributed by atoms with E-state index in [-0.39, 0.29) is 18.4 Å². The molecule has 1 atom stereocenters. The predicted octanol–water partition coefficient (Wildman–Crippen LogP) is -0.258. The molecule has 2 rings (SSSR count). The zero-order chi connectivity index (χ0) is 15.2. The number of carbonyl (C=O) groups excluding carboxylic acids is 2. The molecule has 0 bridgehead atoms. The van der Waals surface area contributed by atoms with E-state index in [1.165, 1.54) is 6.20 Å². The maximum absolute atomic E-state index is 12.6. The van der Waals surface area contributed by atoms with E-state index in [2.05, 4.69) is 22.1 Å². The topological polar surface area (TPSA) is 88.3 Å². The average molecular weight is 286 g/mol. The number of hydrogen-bond acceptors (Lipinski definition) is 4. The lowest BCUT2D eigenvalue weighted by atomic mass is 10.1. The monoisotopic (exact) mass is 286 g/mol. The highest BCUT2D eigenvalue weighted by Gasteiger charge is 2.32. The Kier molecular flexibility index (Phi) is 4.90. The highest BCUT2D eigenvalue weighted by Crippen LogP contribution is 2.14. The Morgan fingerprint density at radius 2 is 2.38 bits per heavy atom. The molecule has 0 aliphatic carbocycles. The molecule has 6 heteroatoms. The van der Waals surface area contributed by atoms with Crippen LogP contribution in [0.15, 0.2) is 18.5 Å². The summed E-state index contributed by atoms with van der Waals surface area (Å²) in [5, 5.41) is 2.77. The Morgan fingerprint density at radius 3 is 3.10 bits per heavy atom. The van der Waals surface area contributed by atoms with Crippen LogP contribution in [0.5, 0.6) is 0 Å². The van der Waals surface area contributed by atoms with Crippen molar-refractivity contribution in [3.63, 3.8) is 0 Å². The molecule has 1 aliphatic heterocycles. The Balaban J connectivity index is 2.24. The normalized spacial score (nSPS) is 17.7. The number of nitrogens with one attached hydrogen (secondary N) is 1. The van der Waals surface area contributed by atoms with E-state index in [0.29, 0.717) is 30.6 Å². The molecule has 1 aromatic rings. The van der Waals surface area contributed by atoms with Gasteiger partial charge in [-0.3, -0.25) is 14.6 Å². The van der Waals surface area contributed by atoms with E-state index in [4.69, 9.17) is 5.73 Å². The summed E-state index contributed by atoms with van der Waals surface area (Å²) in [7, 11) is 0. The van der Waals surface area contributed by atoms with Crippen molar-refractivity contribution in [1.29, 1.82) is 0 Å². The maximum atomic E-state index is 12.6. The summed E-state index contributed by atoms with van der Waals surface area (Å²) in [6, 6.07) is 1.25. The number of aromatic nitrogens is 1. The van der Waals surface area contributed by atoms with Crippen LogP contribution in [0.3, 0.4) is 0 Å². The molecular formula is C15H18N4O2. The summed E-state index contributed by atoms with van der Waals surface area (Å²) >= 11 is 0. The summed E-state index contributed by atoms with van der Waals surface area (Å²) in [6.45, 7) is 3.11. The van der Waals surface area contributed by atoms with Gasteiger partial charge in [-0.05, 0) is 12.5 Å². The van der Waals surface area contributed by atoms with Gasteiger partial charge in [0.05, 0.1) is 12.1 Å². The van der Waals surface area contributed by atoms with Crippen LogP contribution in [-0.4, -0.2) is 47.4 Å². The molecule has 2 heterocycles. The Bertz CT molecular complexity index is 603. The van der Waals surface area contributed by atoms with Gasteiger partial charge in [0.15, 0.2) is 0 Å². The van der Waals surface area contributed by atoms with E-state index >= 15 is 0 Å². The third-order valence-corrected chi connectivity index (χ3v) is 3.30. The minimum absolute atomic E-state index is 0.107. The van der Waals surface area contributed by atoms with E-state index in [1.54, 1.807) is 17.2 Å². The Hall–Kier alpha value is -2.39. The second-order valence-electron chi connectivity index (χ2n) is 4.68. The summed E-state index contributed by atoms with van der Waals surface area (Å²) in [6.07, 6.45) is 3.66. The second kappa shape index (κ2) is 6.86. The maximum Gasteiger partial charge on any atom is 0.256 e. The molecule has 0 saturated carbocycles. The molecule has 21 heavy (non-hydrogen) atoms. The molecule has 6 nitrogen and oxygen atoms in total. The van der Waals surface area contributed by atoms with Crippen molar-refractivity contribution in [1.82, 2.24) is 15.2 Å². The number of pyridine rings is 1. The van der Waals surface area contributed by atoms with Crippen LogP contribution >= 0.6 is 0 Å². The van der Waals surface area contributed by atoms with Crippen molar-refractivity contribution in [2.75, 3.05) is 19.6 Å². The standard InChI is InChI=1S/C15H18N4O2/c1-2-13-14(20)18-6-7-19(13)15(21)12-8-11(4-3-5-16)9-17-10-12/h8-10,13H,2,5-7,16H2,1H3,(H,18,20). The fourth-order valence-corrected chi connectivity index (χ4v) is 2.31. The number of nitrogens with two attached hydrogens (primary N) is 1. The van der Waals surface area contributed by atoms with Gasteiger partial charge in [-0.25, -0.2) is 0 Å². The van der Waals surface area contributed by atoms with E-state index in [9.17, 15) is 9.59 Å². The molecular weight excluding hydrogens is 268 g/mol. The first-order valence-corrected chi connectivity index (χ1v) is 6.90. The molecule has 0 radical (unpaired) electrons. The molecule has 0 aromatic carbocycles. The van der Waals surface area contributed by atoms with Crippen LogP contribution in [0.2, 0.25) is 0 Å². The van der Waals surface area contributed by atoms with Gasteiger partial charge in [0, 0.05) is 31.0 Å². The summed E-state index contributed by atoms with van der Waals surface area (Å²) < 4.78 is 0. The molecule has 1 saturated heterocycles. The fourth-order valence-electron chi connectivity index (χ4n) is 2.31. The van der Waals surface area contributed by atoms with Crippen molar-refractivity contribution in [3.05, 3.63) is 29.6 Å². The van der Waals surface area contributed by atoms with Gasteiger partial charge >= 0.3 is 0 Å². The van der Waals surface area contributed by atoms with Gasteiger partial charge in [-0.1, -0.05) is 18.8 Å². The van der Waals surface area contributed by atoms with Crippen LogP contribution in [-0.2, 0) is 4.79 Å². The molecule has 1 fully saturated rings. The fraction of sp³-hybridized carbons (Fsp3) is 0.400. The van der Waals surface area contributed by atoms with Crippen molar-refractivity contribution in [3.8, 4) is 11.8 Å². The van der Waals surface area contributed by atoms with E-state index < -0.39 is 6.04 Å². The van der Waals surface area contributed by atoms with Crippen molar-refractivity contribution < 1.29 is 9.59 Å². The lowest BCUT2D eigenvalue weighted by Crippen LogP contribution is -2.56. The second-order valence-corrected chi connectivity index (χ2v) is 4.68. The first-order valence-electron chi connectivity index (χ1n) is 6.90. The molecule has 2 amide bonds. The van der Waals surface area contributed by atoms with Crippen molar-refractivity contribution in [2.45, 2.75) is 19.4 Å². The third kappa shape index (κ3) is 3.38. The number of rotatable bonds is 2. The lowest BCUT2D eigenvalue weighted by molar-refractivity contribution is -0.127. The Labute approximate surface area is 123 Å². The van der Waals surface area contributed by atoms with Crippen LogP contribution in [0.4, 0.5) is 0 Å². The van der Waals surface area contributed by atoms with Gasteiger partial charge < -0.3 is 16.0 Å². The quantitative estimate of drug-likeness (QED) is 0.733. The minimum atomic E-state index is -0.426. The van der Waals surface area contributed by atoms with Gasteiger partial charge in [-0.2, -0.15) is 0 Å². The molecule has 1 aliphatic rings. The van der Waals surface area contributed by atoms with Gasteiger partial charge in [0.1, 0.15) is 6.04 Å². The number of carbonyl (C=O) groups is 2. The summed E-state index contributed by atoms with van der Waals surface area (Å²) in [5.74, 6) is 5.27. The average Bonchev–Trinajstić information content (AvgIpc) is 2.52. The van der Waals surface area contributed by atoms with Crippen molar-refractivity contribution in [2.24, 2.45) is 5.73 Å². The summed E-state index contributed by atoms with van der Waals surface area (Å²) in [5.41, 5.74) is 6.41. The molecule has 1 unspecified atom stereocenters. The zero-order valence-corrected chi connectivity index (χ0v) is 11.9. The number of amides is 2. The van der Waals surface area contributed by atoms with Gasteiger partial charge in [0.2, 0.25) is 5.91 Å². The first kappa shape index (κ1) is 15.0. The number of hydrogen-bond donors (Lipinski definition) is 2. The number of nitrogens with zero attached hydrogens (tertiary/aromatic N) is 2. The summed E-state index contributed by atoms with van der Waals surface area (Å²) in [4.78, 5) is 30.0. The SMILES string of the molecule is CCC1C(=O)NCCN1C(=O)c1cncc(C#CCN)c1. The highest BCUT2D eigenvalue weighted by molar-refractivity contribution is 5.98. The van der Waals surface area contributed by atoms with Crippen LogP contribution in [0, 0.1) is 11.8 Å². The minimum Gasteiger partial charge on any atom is -0.353 e. The Morgan fingerprint density at radius 1 is 1.57 bits per heavy atom. The first-order chi connectivity index (χ1) is 10.2. The largest absolute Gasteiger partial charge is 0.353 e. The predicted molar refractivity (Wildman–Crippen MR) is 78.3 cm³/mol. The van der Waals surface area contributed by atoms with Crippen LogP contribution < -0.4 is 11.1 Å². The van der Waals surface area contributed by atoms with Crippen LogP contribution in [0.1, 0.15) is 29.3 Å². The highest BCUT2D eigenvalue weighted by atomic mass is 16.2. The van der Waals surface area contributed by atoms with E-state index in [0.717, 1.165) is 0 Å². The lowest BCUT2D eigenvalue weighted by Gasteiger charge is -2.34. The van der Waals surface area contributed by atoms with Crippen molar-refractivity contribution >= 4 is 11.8 Å².